The Balaban J connectivity index is 1.99. The summed E-state index contributed by atoms with van der Waals surface area (Å²) < 4.78 is 29.2. The van der Waals surface area contributed by atoms with Gasteiger partial charge in [0.1, 0.15) is 11.6 Å². The number of thiazole rings is 1. The monoisotopic (exact) mass is 397 g/mol. The molecular weight excluding hydrogens is 384 g/mol. The molecule has 0 aliphatic carbocycles. The maximum absolute atomic E-state index is 13.9. The van der Waals surface area contributed by atoms with Crippen molar-refractivity contribution in [1.82, 2.24) is 14.8 Å². The minimum absolute atomic E-state index is 0.120. The zero-order valence-corrected chi connectivity index (χ0v) is 15.4. The van der Waals surface area contributed by atoms with Crippen LogP contribution in [-0.4, -0.2) is 25.8 Å². The Bertz CT molecular complexity index is 1170. The molecular formula is C20H13F2N3O2S. The highest BCUT2D eigenvalue weighted by atomic mass is 32.1. The highest BCUT2D eigenvalue weighted by Gasteiger charge is 2.22. The van der Waals surface area contributed by atoms with Crippen molar-refractivity contribution in [2.24, 2.45) is 0 Å². The topological polar surface area (TPSA) is 68.0 Å². The maximum atomic E-state index is 13.9. The number of benzene rings is 2. The average molecular weight is 397 g/mol. The Morgan fingerprint density at radius 2 is 1.75 bits per heavy atom. The van der Waals surface area contributed by atoms with E-state index in [2.05, 4.69) is 10.1 Å². The Labute approximate surface area is 162 Å². The van der Waals surface area contributed by atoms with Crippen molar-refractivity contribution < 1.29 is 18.7 Å². The summed E-state index contributed by atoms with van der Waals surface area (Å²) in [5.74, 6) is -2.59. The van der Waals surface area contributed by atoms with Gasteiger partial charge in [-0.05, 0) is 19.1 Å². The summed E-state index contributed by atoms with van der Waals surface area (Å²) in [5, 5.41) is 15.4. The van der Waals surface area contributed by atoms with E-state index in [0.29, 0.717) is 22.1 Å². The van der Waals surface area contributed by atoms with Crippen LogP contribution in [0.1, 0.15) is 16.1 Å². The van der Waals surface area contributed by atoms with Gasteiger partial charge in [-0.15, -0.1) is 11.3 Å². The van der Waals surface area contributed by atoms with Crippen molar-refractivity contribution in [1.29, 1.82) is 0 Å². The summed E-state index contributed by atoms with van der Waals surface area (Å²) >= 11 is 1.09. The molecule has 0 radical (unpaired) electrons. The van der Waals surface area contributed by atoms with E-state index in [1.165, 1.54) is 22.2 Å². The summed E-state index contributed by atoms with van der Waals surface area (Å²) in [5.41, 5.74) is 2.76. The van der Waals surface area contributed by atoms with Crippen LogP contribution in [0.25, 0.3) is 27.6 Å². The van der Waals surface area contributed by atoms with E-state index < -0.39 is 17.6 Å². The lowest BCUT2D eigenvalue weighted by Crippen LogP contribution is -2.02. The SMILES string of the molecule is Cc1c(-c2ccccc2)nn(-c2nc(C(=O)O)cs2)c1-c1cc(F)cc(F)c1. The molecule has 2 aromatic heterocycles. The van der Waals surface area contributed by atoms with E-state index in [0.717, 1.165) is 23.0 Å². The van der Waals surface area contributed by atoms with Gasteiger partial charge < -0.3 is 5.11 Å². The van der Waals surface area contributed by atoms with E-state index >= 15 is 0 Å². The van der Waals surface area contributed by atoms with Gasteiger partial charge in [-0.2, -0.15) is 5.10 Å². The van der Waals surface area contributed by atoms with Crippen LogP contribution in [0.15, 0.2) is 53.9 Å². The predicted molar refractivity (Wildman–Crippen MR) is 102 cm³/mol. The number of rotatable bonds is 4. The zero-order chi connectivity index (χ0) is 19.8. The molecule has 0 amide bonds. The number of hydrogen-bond acceptors (Lipinski definition) is 4. The van der Waals surface area contributed by atoms with Gasteiger partial charge in [0, 0.05) is 28.1 Å². The predicted octanol–water partition coefficient (Wildman–Crippen LogP) is 4.95. The Kier molecular flexibility index (Phi) is 4.48. The number of nitrogens with zero attached hydrogens (tertiary/aromatic N) is 3. The molecule has 28 heavy (non-hydrogen) atoms. The molecule has 1 N–H and O–H groups in total. The van der Waals surface area contributed by atoms with Crippen molar-refractivity contribution in [2.75, 3.05) is 0 Å². The number of hydrogen-bond donors (Lipinski definition) is 1. The van der Waals surface area contributed by atoms with Crippen LogP contribution in [0.5, 0.6) is 0 Å². The van der Waals surface area contributed by atoms with Crippen molar-refractivity contribution in [2.45, 2.75) is 6.92 Å². The van der Waals surface area contributed by atoms with Crippen LogP contribution in [0.4, 0.5) is 8.78 Å². The van der Waals surface area contributed by atoms with Crippen molar-refractivity contribution in [3.8, 4) is 27.6 Å². The molecule has 0 saturated carbocycles. The second kappa shape index (κ2) is 6.97. The fourth-order valence-corrected chi connectivity index (χ4v) is 3.75. The molecule has 0 aliphatic heterocycles. The summed E-state index contributed by atoms with van der Waals surface area (Å²) in [6, 6.07) is 12.6. The molecule has 4 rings (SSSR count). The van der Waals surface area contributed by atoms with Crippen LogP contribution in [0, 0.1) is 18.6 Å². The third kappa shape index (κ3) is 3.18. The third-order valence-electron chi connectivity index (χ3n) is 4.20. The normalized spacial score (nSPS) is 11.0. The van der Waals surface area contributed by atoms with Gasteiger partial charge in [0.25, 0.3) is 0 Å². The molecule has 2 aromatic carbocycles. The lowest BCUT2D eigenvalue weighted by atomic mass is 10.0. The van der Waals surface area contributed by atoms with Gasteiger partial charge in [0.05, 0.1) is 11.4 Å². The second-order valence-corrected chi connectivity index (χ2v) is 6.92. The van der Waals surface area contributed by atoms with Gasteiger partial charge in [0.15, 0.2) is 5.69 Å². The number of carbonyl (C=O) groups is 1. The summed E-state index contributed by atoms with van der Waals surface area (Å²) in [6.07, 6.45) is 0. The summed E-state index contributed by atoms with van der Waals surface area (Å²) in [7, 11) is 0. The van der Waals surface area contributed by atoms with Gasteiger partial charge >= 0.3 is 5.97 Å². The lowest BCUT2D eigenvalue weighted by Gasteiger charge is -2.06. The first-order valence-electron chi connectivity index (χ1n) is 8.24. The van der Waals surface area contributed by atoms with Gasteiger partial charge in [-0.1, -0.05) is 30.3 Å². The number of aromatic carboxylic acids is 1. The molecule has 0 bridgehead atoms. The fourth-order valence-electron chi connectivity index (χ4n) is 2.99. The van der Waals surface area contributed by atoms with E-state index in [1.54, 1.807) is 6.92 Å². The third-order valence-corrected chi connectivity index (χ3v) is 5.01. The average Bonchev–Trinajstić information content (AvgIpc) is 3.26. The summed E-state index contributed by atoms with van der Waals surface area (Å²) in [6.45, 7) is 1.80. The minimum Gasteiger partial charge on any atom is -0.476 e. The Hall–Kier alpha value is -3.39. The van der Waals surface area contributed by atoms with Crippen molar-refractivity contribution >= 4 is 17.3 Å². The summed E-state index contributed by atoms with van der Waals surface area (Å²) in [4.78, 5) is 15.3. The number of halogens is 2. The molecule has 0 saturated heterocycles. The van der Waals surface area contributed by atoms with Crippen LogP contribution in [0.2, 0.25) is 0 Å². The molecule has 5 nitrogen and oxygen atoms in total. The van der Waals surface area contributed by atoms with Crippen LogP contribution in [-0.2, 0) is 0 Å². The Morgan fingerprint density at radius 1 is 1.07 bits per heavy atom. The molecule has 0 spiro atoms. The lowest BCUT2D eigenvalue weighted by molar-refractivity contribution is 0.0691. The number of carboxylic acid groups (broad SMARTS) is 1. The zero-order valence-electron chi connectivity index (χ0n) is 14.6. The first-order chi connectivity index (χ1) is 13.4. The molecule has 0 fully saturated rings. The van der Waals surface area contributed by atoms with Crippen LogP contribution < -0.4 is 0 Å². The quantitative estimate of drug-likeness (QED) is 0.529. The van der Waals surface area contributed by atoms with Crippen LogP contribution >= 0.6 is 11.3 Å². The highest BCUT2D eigenvalue weighted by molar-refractivity contribution is 7.12. The van der Waals surface area contributed by atoms with E-state index in [1.807, 2.05) is 30.3 Å². The molecule has 140 valence electrons. The first-order valence-corrected chi connectivity index (χ1v) is 9.12. The smallest absolute Gasteiger partial charge is 0.355 e. The van der Waals surface area contributed by atoms with Gasteiger partial charge in [0.2, 0.25) is 5.13 Å². The van der Waals surface area contributed by atoms with E-state index in [4.69, 9.17) is 5.11 Å². The van der Waals surface area contributed by atoms with Gasteiger partial charge in [-0.3, -0.25) is 0 Å². The molecule has 0 atom stereocenters. The first kappa shape index (κ1) is 18.0. The minimum atomic E-state index is -1.16. The van der Waals surface area contributed by atoms with Gasteiger partial charge in [-0.25, -0.2) is 23.2 Å². The Morgan fingerprint density at radius 3 is 2.36 bits per heavy atom. The maximum Gasteiger partial charge on any atom is 0.355 e. The molecule has 0 unspecified atom stereocenters. The van der Waals surface area contributed by atoms with E-state index in [9.17, 15) is 13.6 Å². The largest absolute Gasteiger partial charge is 0.476 e. The van der Waals surface area contributed by atoms with Crippen LogP contribution in [0.3, 0.4) is 0 Å². The fraction of sp³-hybridized carbons (Fsp3) is 0.0500. The van der Waals surface area contributed by atoms with E-state index in [-0.39, 0.29) is 11.3 Å². The highest BCUT2D eigenvalue weighted by Crippen LogP contribution is 2.35. The molecule has 0 aliphatic rings. The number of carboxylic acids is 1. The molecule has 2 heterocycles. The number of aromatic nitrogens is 3. The molecule has 4 aromatic rings. The van der Waals surface area contributed by atoms with Crippen molar-refractivity contribution in [3.05, 3.63) is 76.8 Å². The standard InChI is InChI=1S/C20H13F2N3O2S/c1-11-17(12-5-3-2-4-6-12)24-25(20-23-16(10-28-20)19(26)27)18(11)13-7-14(21)9-15(22)8-13/h2-10H,1H3,(H,26,27). The van der Waals surface area contributed by atoms with Crippen molar-refractivity contribution in [3.63, 3.8) is 0 Å². The molecule has 8 heteroatoms. The second-order valence-electron chi connectivity index (χ2n) is 6.08.